The van der Waals surface area contributed by atoms with Gasteiger partial charge in [0.05, 0.1) is 11.1 Å². The van der Waals surface area contributed by atoms with Crippen LogP contribution in [0.5, 0.6) is 0 Å². The molecular formula is C15H12Br2ClF2N. The number of halogens is 5. The summed E-state index contributed by atoms with van der Waals surface area (Å²) in [5.74, 6) is -0.844. The molecule has 6 heteroatoms. The van der Waals surface area contributed by atoms with Crippen molar-refractivity contribution < 1.29 is 8.78 Å². The van der Waals surface area contributed by atoms with Gasteiger partial charge in [0.1, 0.15) is 11.6 Å². The smallest absolute Gasteiger partial charge is 0.148 e. The molecule has 0 amide bonds. The molecule has 0 bridgehead atoms. The second kappa shape index (κ2) is 7.18. The highest BCUT2D eigenvalue weighted by molar-refractivity contribution is 9.10. The van der Waals surface area contributed by atoms with Crippen molar-refractivity contribution >= 4 is 43.5 Å². The van der Waals surface area contributed by atoms with Gasteiger partial charge in [-0.05, 0) is 46.2 Å². The third kappa shape index (κ3) is 3.65. The van der Waals surface area contributed by atoms with E-state index in [0.29, 0.717) is 21.1 Å². The Bertz CT molecular complexity index is 664. The summed E-state index contributed by atoms with van der Waals surface area (Å²) in [6, 6.07) is 7.27. The molecule has 2 aromatic rings. The average molecular weight is 440 g/mol. The molecule has 0 aliphatic heterocycles. The Morgan fingerprint density at radius 2 is 1.76 bits per heavy atom. The van der Waals surface area contributed by atoms with Gasteiger partial charge in [0.15, 0.2) is 0 Å². The second-order valence-electron chi connectivity index (χ2n) is 4.42. The van der Waals surface area contributed by atoms with Gasteiger partial charge in [-0.2, -0.15) is 0 Å². The molecule has 1 nitrogen and oxygen atoms in total. The number of hydrogen-bond acceptors (Lipinski definition) is 1. The molecule has 0 fully saturated rings. The van der Waals surface area contributed by atoms with Crippen LogP contribution in [0.25, 0.3) is 0 Å². The lowest BCUT2D eigenvalue weighted by atomic mass is 9.98. The fourth-order valence-electron chi connectivity index (χ4n) is 2.09. The summed E-state index contributed by atoms with van der Waals surface area (Å²) in [5.41, 5.74) is 1.16. The van der Waals surface area contributed by atoms with Gasteiger partial charge in [0.25, 0.3) is 0 Å². The van der Waals surface area contributed by atoms with Gasteiger partial charge in [0, 0.05) is 14.5 Å². The van der Waals surface area contributed by atoms with Crippen molar-refractivity contribution in [3.8, 4) is 0 Å². The van der Waals surface area contributed by atoms with Gasteiger partial charge in [-0.1, -0.05) is 46.6 Å². The van der Waals surface area contributed by atoms with E-state index in [1.165, 1.54) is 12.1 Å². The molecule has 0 heterocycles. The molecule has 1 N–H and O–H groups in total. The molecule has 0 aromatic heterocycles. The third-order valence-corrected chi connectivity index (χ3v) is 5.00. The predicted molar refractivity (Wildman–Crippen MR) is 88.7 cm³/mol. The minimum atomic E-state index is -0.492. The lowest BCUT2D eigenvalue weighted by Crippen LogP contribution is -2.23. The quantitative estimate of drug-likeness (QED) is 0.590. The summed E-state index contributed by atoms with van der Waals surface area (Å²) in [5, 5.41) is 3.23. The molecule has 0 aliphatic rings. The molecular weight excluding hydrogens is 427 g/mol. The Labute approximate surface area is 144 Å². The van der Waals surface area contributed by atoms with Crippen LogP contribution in [0.15, 0.2) is 39.3 Å². The van der Waals surface area contributed by atoms with Gasteiger partial charge in [-0.25, -0.2) is 8.78 Å². The van der Waals surface area contributed by atoms with Crippen LogP contribution in [0.2, 0.25) is 5.02 Å². The highest BCUT2D eigenvalue weighted by Gasteiger charge is 2.22. The second-order valence-corrected chi connectivity index (χ2v) is 6.51. The molecule has 0 spiro atoms. The Balaban J connectivity index is 2.56. The zero-order valence-electron chi connectivity index (χ0n) is 11.1. The first-order valence-electron chi connectivity index (χ1n) is 6.27. The fraction of sp³-hybridized carbons (Fsp3) is 0.200. The molecule has 0 saturated heterocycles. The standard InChI is InChI=1S/C15H12Br2ClF2N/c1-2-21-15(9-4-3-8(19)7-12(9)17)10-5-6-11(16)13(18)14(10)20/h3-7,15,21H,2H2,1H3. The molecule has 21 heavy (non-hydrogen) atoms. The average Bonchev–Trinajstić information content (AvgIpc) is 2.44. The van der Waals surface area contributed by atoms with Crippen LogP contribution in [0.3, 0.4) is 0 Å². The van der Waals surface area contributed by atoms with Crippen LogP contribution < -0.4 is 5.32 Å². The molecule has 0 saturated carbocycles. The number of rotatable bonds is 4. The van der Waals surface area contributed by atoms with Gasteiger partial charge < -0.3 is 5.32 Å². The van der Waals surface area contributed by atoms with E-state index >= 15 is 0 Å². The van der Waals surface area contributed by atoms with E-state index in [0.717, 1.165) is 5.56 Å². The van der Waals surface area contributed by atoms with E-state index in [1.807, 2.05) is 6.92 Å². The Morgan fingerprint density at radius 3 is 2.38 bits per heavy atom. The molecule has 112 valence electrons. The third-order valence-electron chi connectivity index (χ3n) is 3.06. The summed E-state index contributed by atoms with van der Waals surface area (Å²) in [7, 11) is 0. The summed E-state index contributed by atoms with van der Waals surface area (Å²) in [6.45, 7) is 2.55. The van der Waals surface area contributed by atoms with E-state index in [4.69, 9.17) is 11.6 Å². The zero-order valence-corrected chi connectivity index (χ0v) is 15.0. The van der Waals surface area contributed by atoms with Crippen LogP contribution in [0.4, 0.5) is 8.78 Å². The molecule has 1 unspecified atom stereocenters. The first-order chi connectivity index (χ1) is 9.95. The van der Waals surface area contributed by atoms with Gasteiger partial charge in [-0.15, -0.1) is 0 Å². The fourth-order valence-corrected chi connectivity index (χ4v) is 3.15. The van der Waals surface area contributed by atoms with Crippen molar-refractivity contribution in [2.75, 3.05) is 6.54 Å². The number of hydrogen-bond donors (Lipinski definition) is 1. The molecule has 0 radical (unpaired) electrons. The molecule has 0 aliphatic carbocycles. The first kappa shape index (κ1) is 16.9. The van der Waals surface area contributed by atoms with Crippen molar-refractivity contribution in [3.63, 3.8) is 0 Å². The van der Waals surface area contributed by atoms with Crippen LogP contribution in [-0.2, 0) is 0 Å². The number of benzene rings is 2. The Kier molecular flexibility index (Phi) is 5.77. The highest BCUT2D eigenvalue weighted by atomic mass is 79.9. The normalized spacial score (nSPS) is 12.5. The summed E-state index contributed by atoms with van der Waals surface area (Å²) < 4.78 is 28.8. The Morgan fingerprint density at radius 1 is 1.10 bits per heavy atom. The summed E-state index contributed by atoms with van der Waals surface area (Å²) >= 11 is 12.5. The largest absolute Gasteiger partial charge is 0.306 e. The SMILES string of the molecule is CCNC(c1ccc(F)cc1Br)c1ccc(Br)c(Cl)c1F. The molecule has 1 atom stereocenters. The van der Waals surface area contributed by atoms with Gasteiger partial charge in [0.2, 0.25) is 0 Å². The zero-order chi connectivity index (χ0) is 15.6. The minimum absolute atomic E-state index is 0.0358. The topological polar surface area (TPSA) is 12.0 Å². The van der Waals surface area contributed by atoms with E-state index in [9.17, 15) is 8.78 Å². The lowest BCUT2D eigenvalue weighted by Gasteiger charge is -2.21. The van der Waals surface area contributed by atoms with E-state index in [1.54, 1.807) is 18.2 Å². The van der Waals surface area contributed by atoms with Crippen molar-refractivity contribution in [2.45, 2.75) is 13.0 Å². The van der Waals surface area contributed by atoms with Crippen molar-refractivity contribution in [1.82, 2.24) is 5.32 Å². The van der Waals surface area contributed by atoms with E-state index < -0.39 is 11.9 Å². The van der Waals surface area contributed by atoms with Crippen molar-refractivity contribution in [1.29, 1.82) is 0 Å². The highest BCUT2D eigenvalue weighted by Crippen LogP contribution is 2.35. The predicted octanol–water partition coefficient (Wildman–Crippen LogP) is 5.84. The van der Waals surface area contributed by atoms with Crippen molar-refractivity contribution in [3.05, 3.63) is 67.1 Å². The summed E-state index contributed by atoms with van der Waals surface area (Å²) in [4.78, 5) is 0. The van der Waals surface area contributed by atoms with E-state index in [-0.39, 0.29) is 10.8 Å². The van der Waals surface area contributed by atoms with Crippen molar-refractivity contribution in [2.24, 2.45) is 0 Å². The van der Waals surface area contributed by atoms with Gasteiger partial charge >= 0.3 is 0 Å². The maximum Gasteiger partial charge on any atom is 0.148 e. The lowest BCUT2D eigenvalue weighted by molar-refractivity contribution is 0.556. The molecule has 2 aromatic carbocycles. The Hall–Kier alpha value is -0.490. The molecule has 2 rings (SSSR count). The first-order valence-corrected chi connectivity index (χ1v) is 8.23. The van der Waals surface area contributed by atoms with Gasteiger partial charge in [-0.3, -0.25) is 0 Å². The maximum absolute atomic E-state index is 14.4. The minimum Gasteiger partial charge on any atom is -0.306 e. The van der Waals surface area contributed by atoms with E-state index in [2.05, 4.69) is 37.2 Å². The van der Waals surface area contributed by atoms with Crippen LogP contribution in [-0.4, -0.2) is 6.54 Å². The van der Waals surface area contributed by atoms with Crippen LogP contribution in [0, 0.1) is 11.6 Å². The van der Waals surface area contributed by atoms with Crippen LogP contribution in [0.1, 0.15) is 24.1 Å². The van der Waals surface area contributed by atoms with Crippen LogP contribution >= 0.6 is 43.5 Å². The monoisotopic (exact) mass is 437 g/mol. The summed E-state index contributed by atoms with van der Waals surface area (Å²) in [6.07, 6.45) is 0. The maximum atomic E-state index is 14.4. The number of nitrogens with one attached hydrogen (secondary N) is 1.